The maximum atomic E-state index is 4.71. The van der Waals surface area contributed by atoms with Gasteiger partial charge in [0.2, 0.25) is 0 Å². The maximum absolute atomic E-state index is 4.71. The van der Waals surface area contributed by atoms with Gasteiger partial charge < -0.3 is 20.6 Å². The predicted octanol–water partition coefficient (Wildman–Crippen LogP) is 5.26. The van der Waals surface area contributed by atoms with Crippen molar-refractivity contribution >= 4 is 10.9 Å². The number of rotatable bonds is 4. The van der Waals surface area contributed by atoms with Crippen molar-refractivity contribution in [2.45, 2.75) is 37.8 Å². The zero-order chi connectivity index (χ0) is 25.3. The molecule has 7 nitrogen and oxygen atoms in total. The number of pyridine rings is 1. The van der Waals surface area contributed by atoms with Crippen molar-refractivity contribution in [3.63, 3.8) is 0 Å². The van der Waals surface area contributed by atoms with E-state index in [1.165, 1.54) is 12.8 Å². The van der Waals surface area contributed by atoms with Crippen LogP contribution in [0.2, 0.25) is 0 Å². The summed E-state index contributed by atoms with van der Waals surface area (Å²) in [7, 11) is 0. The first-order valence-corrected chi connectivity index (χ1v) is 13.4. The fraction of sp³-hybridized carbons (Fsp3) is 0.258. The van der Waals surface area contributed by atoms with Crippen LogP contribution in [0.25, 0.3) is 33.4 Å². The van der Waals surface area contributed by atoms with Gasteiger partial charge in [-0.2, -0.15) is 0 Å². The molecule has 0 saturated carbocycles. The minimum Gasteiger partial charge on any atom is -0.341 e. The number of aromatic nitrogens is 5. The van der Waals surface area contributed by atoms with Gasteiger partial charge in [0.25, 0.3) is 0 Å². The summed E-state index contributed by atoms with van der Waals surface area (Å²) in [6, 6.07) is 17.3. The van der Waals surface area contributed by atoms with Crippen LogP contribution in [-0.2, 0) is 0 Å². The van der Waals surface area contributed by atoms with E-state index < -0.39 is 0 Å². The van der Waals surface area contributed by atoms with Crippen LogP contribution in [0.5, 0.6) is 0 Å². The van der Waals surface area contributed by atoms with Gasteiger partial charge >= 0.3 is 0 Å². The summed E-state index contributed by atoms with van der Waals surface area (Å²) in [6.07, 6.45) is 10.4. The standard InChI is InChI=1S/C31H29N7/c1-3-25(32-13-1)30-35-18-28(37-30)22-10-7-20(8-11-22)5-6-21-9-12-23-16-24(17-34-27(23)15-21)29-19-36-31(38-29)26-4-2-14-33-26/h7-12,15-19,25-26,32-33H,1-4,13-14H2,(H,35,37)(H,36,38)/t25-,26?/m0/s1. The van der Waals surface area contributed by atoms with Gasteiger partial charge in [-0.1, -0.05) is 30.0 Å². The first-order valence-electron chi connectivity index (χ1n) is 13.4. The molecule has 2 atom stereocenters. The minimum atomic E-state index is 0.326. The molecule has 3 aromatic heterocycles. The van der Waals surface area contributed by atoms with Gasteiger partial charge in [-0.15, -0.1) is 0 Å². The molecule has 0 amide bonds. The van der Waals surface area contributed by atoms with Gasteiger partial charge in [0, 0.05) is 28.3 Å². The second-order valence-electron chi connectivity index (χ2n) is 10.1. The quantitative estimate of drug-likeness (QED) is 0.253. The van der Waals surface area contributed by atoms with E-state index in [-0.39, 0.29) is 0 Å². The largest absolute Gasteiger partial charge is 0.341 e. The fourth-order valence-corrected chi connectivity index (χ4v) is 5.38. The van der Waals surface area contributed by atoms with E-state index in [1.54, 1.807) is 0 Å². The summed E-state index contributed by atoms with van der Waals surface area (Å²) in [5.74, 6) is 8.61. The van der Waals surface area contributed by atoms with E-state index in [9.17, 15) is 0 Å². The van der Waals surface area contributed by atoms with Crippen LogP contribution in [-0.4, -0.2) is 38.0 Å². The molecule has 38 heavy (non-hydrogen) atoms. The molecule has 188 valence electrons. The molecule has 0 spiro atoms. The number of benzene rings is 2. The Morgan fingerprint density at radius 2 is 1.26 bits per heavy atom. The van der Waals surface area contributed by atoms with Crippen molar-refractivity contribution in [1.82, 2.24) is 35.6 Å². The highest BCUT2D eigenvalue weighted by atomic mass is 15.0. The number of nitrogens with zero attached hydrogens (tertiary/aromatic N) is 3. The maximum Gasteiger partial charge on any atom is 0.123 e. The Balaban J connectivity index is 1.06. The minimum absolute atomic E-state index is 0.326. The highest BCUT2D eigenvalue weighted by Crippen LogP contribution is 2.27. The summed E-state index contributed by atoms with van der Waals surface area (Å²) < 4.78 is 0. The third-order valence-electron chi connectivity index (χ3n) is 7.51. The molecule has 0 radical (unpaired) electrons. The van der Waals surface area contributed by atoms with E-state index >= 15 is 0 Å². The van der Waals surface area contributed by atoms with Crippen LogP contribution in [0.3, 0.4) is 0 Å². The Morgan fingerprint density at radius 1 is 0.632 bits per heavy atom. The summed E-state index contributed by atoms with van der Waals surface area (Å²) in [5.41, 5.74) is 7.03. The second kappa shape index (κ2) is 9.90. The summed E-state index contributed by atoms with van der Waals surface area (Å²) in [5, 5.41) is 8.06. The van der Waals surface area contributed by atoms with Gasteiger partial charge in [0.15, 0.2) is 0 Å². The van der Waals surface area contributed by atoms with Crippen LogP contribution in [0.1, 0.15) is 60.5 Å². The number of hydrogen-bond acceptors (Lipinski definition) is 5. The highest BCUT2D eigenvalue weighted by Gasteiger charge is 2.20. The Kier molecular flexibility index (Phi) is 5.97. The summed E-state index contributed by atoms with van der Waals surface area (Å²) in [4.78, 5) is 20.8. The van der Waals surface area contributed by atoms with Crippen LogP contribution < -0.4 is 10.6 Å². The molecular formula is C31H29N7. The van der Waals surface area contributed by atoms with Gasteiger partial charge in [-0.05, 0) is 74.7 Å². The number of fused-ring (bicyclic) bond motifs is 1. The van der Waals surface area contributed by atoms with Crippen molar-refractivity contribution in [2.75, 3.05) is 13.1 Å². The second-order valence-corrected chi connectivity index (χ2v) is 10.1. The van der Waals surface area contributed by atoms with E-state index in [2.05, 4.69) is 84.9 Å². The average molecular weight is 500 g/mol. The van der Waals surface area contributed by atoms with Gasteiger partial charge in [0.05, 0.1) is 41.4 Å². The van der Waals surface area contributed by atoms with E-state index in [0.717, 1.165) is 82.1 Å². The Morgan fingerprint density at radius 3 is 1.92 bits per heavy atom. The van der Waals surface area contributed by atoms with Crippen LogP contribution in [0.15, 0.2) is 67.1 Å². The van der Waals surface area contributed by atoms with Gasteiger partial charge in [0.1, 0.15) is 11.6 Å². The number of hydrogen-bond donors (Lipinski definition) is 4. The monoisotopic (exact) mass is 499 g/mol. The molecule has 4 N–H and O–H groups in total. The third-order valence-corrected chi connectivity index (χ3v) is 7.51. The molecule has 5 heterocycles. The SMILES string of the molecule is C(#Cc1ccc2cc(-c3cnc(C4CCCN4)[nH]3)cnc2c1)c1ccc(-c2cnc([C@@H]3CCCN3)[nH]2)cc1. The smallest absolute Gasteiger partial charge is 0.123 e. The summed E-state index contributed by atoms with van der Waals surface area (Å²) >= 11 is 0. The lowest BCUT2D eigenvalue weighted by Crippen LogP contribution is -2.14. The van der Waals surface area contributed by atoms with Crippen LogP contribution in [0.4, 0.5) is 0 Å². The Hall–Kier alpha value is -4.25. The lowest BCUT2D eigenvalue weighted by molar-refractivity contribution is 0.613. The predicted molar refractivity (Wildman–Crippen MR) is 149 cm³/mol. The molecule has 2 aromatic carbocycles. The molecule has 2 aliphatic rings. The zero-order valence-corrected chi connectivity index (χ0v) is 21.1. The molecule has 7 heteroatoms. The van der Waals surface area contributed by atoms with Gasteiger partial charge in [-0.25, -0.2) is 9.97 Å². The van der Waals surface area contributed by atoms with Gasteiger partial charge in [-0.3, -0.25) is 4.98 Å². The van der Waals surface area contributed by atoms with E-state index in [1.807, 2.05) is 24.7 Å². The topological polar surface area (TPSA) is 94.3 Å². The Labute approximate surface area is 221 Å². The number of aromatic amines is 2. The van der Waals surface area contributed by atoms with E-state index in [0.29, 0.717) is 12.1 Å². The molecule has 7 rings (SSSR count). The van der Waals surface area contributed by atoms with Crippen molar-refractivity contribution in [2.24, 2.45) is 0 Å². The normalized spacial score (nSPS) is 19.1. The molecule has 2 aliphatic heterocycles. The lowest BCUT2D eigenvalue weighted by atomic mass is 10.1. The Bertz CT molecular complexity index is 1640. The van der Waals surface area contributed by atoms with E-state index in [4.69, 9.17) is 4.98 Å². The van der Waals surface area contributed by atoms with Crippen molar-refractivity contribution < 1.29 is 0 Å². The van der Waals surface area contributed by atoms with Crippen molar-refractivity contribution in [3.8, 4) is 34.4 Å². The summed E-state index contributed by atoms with van der Waals surface area (Å²) in [6.45, 7) is 2.12. The highest BCUT2D eigenvalue weighted by molar-refractivity contribution is 5.84. The average Bonchev–Trinajstić information content (AvgIpc) is 3.77. The number of H-pyrrole nitrogens is 2. The molecule has 2 saturated heterocycles. The van der Waals surface area contributed by atoms with Crippen molar-refractivity contribution in [1.29, 1.82) is 0 Å². The van der Waals surface area contributed by atoms with Crippen LogP contribution in [0, 0.1) is 11.8 Å². The molecule has 2 fully saturated rings. The molecule has 5 aromatic rings. The first kappa shape index (κ1) is 22.9. The molecule has 0 bridgehead atoms. The molecule has 1 unspecified atom stereocenters. The number of nitrogens with one attached hydrogen (secondary N) is 4. The van der Waals surface area contributed by atoms with Crippen molar-refractivity contribution in [3.05, 3.63) is 89.9 Å². The fourth-order valence-electron chi connectivity index (χ4n) is 5.38. The zero-order valence-electron chi connectivity index (χ0n) is 21.1. The molecular weight excluding hydrogens is 470 g/mol. The molecule has 0 aliphatic carbocycles. The third kappa shape index (κ3) is 4.60. The van der Waals surface area contributed by atoms with Crippen LogP contribution >= 0.6 is 0 Å². The first-order chi connectivity index (χ1) is 18.8. The lowest BCUT2D eigenvalue weighted by Gasteiger charge is -2.06. The number of imidazole rings is 2.